The number of hydrogen-bond donors (Lipinski definition) is 3. The quantitative estimate of drug-likeness (QED) is 0.569. The molecule has 0 aromatic heterocycles. The maximum atomic E-state index is 12.7. The summed E-state index contributed by atoms with van der Waals surface area (Å²) < 4.78 is 0. The molecule has 0 aromatic carbocycles. The average Bonchev–Trinajstić information content (AvgIpc) is 3.17. The molecule has 0 saturated heterocycles. The maximum Gasteiger partial charge on any atom is 0.317 e. The normalized spacial score (nSPS) is 27.0. The fourth-order valence-electron chi connectivity index (χ4n) is 4.35. The van der Waals surface area contributed by atoms with Gasteiger partial charge in [-0.3, -0.25) is 19.3 Å². The van der Waals surface area contributed by atoms with Crippen LogP contribution in [0.4, 0.5) is 0 Å². The third-order valence-corrected chi connectivity index (χ3v) is 6.02. The van der Waals surface area contributed by atoms with E-state index in [0.717, 1.165) is 45.1 Å². The van der Waals surface area contributed by atoms with Crippen molar-refractivity contribution in [1.82, 2.24) is 15.5 Å². The molecular weight excluding hydrogens is 334 g/mol. The Bertz CT molecular complexity index is 537. The van der Waals surface area contributed by atoms with Crippen molar-refractivity contribution in [3.63, 3.8) is 0 Å². The van der Waals surface area contributed by atoms with Gasteiger partial charge >= 0.3 is 5.97 Å². The van der Waals surface area contributed by atoms with E-state index in [-0.39, 0.29) is 36.4 Å². The van der Waals surface area contributed by atoms with Crippen molar-refractivity contribution in [3.8, 4) is 0 Å². The number of carbonyl (C=O) groups is 3. The van der Waals surface area contributed by atoms with Crippen LogP contribution in [0.25, 0.3) is 0 Å². The van der Waals surface area contributed by atoms with Gasteiger partial charge in [0.1, 0.15) is 6.04 Å². The Morgan fingerprint density at radius 2 is 1.77 bits per heavy atom. The molecule has 3 aliphatic rings. The largest absolute Gasteiger partial charge is 0.480 e. The molecule has 26 heavy (non-hydrogen) atoms. The minimum Gasteiger partial charge on any atom is -0.480 e. The number of carboxylic acids is 1. The summed E-state index contributed by atoms with van der Waals surface area (Å²) in [6.07, 6.45) is 8.19. The first kappa shape index (κ1) is 19.1. The predicted octanol–water partition coefficient (Wildman–Crippen LogP) is 1.13. The van der Waals surface area contributed by atoms with Crippen LogP contribution in [0, 0.1) is 11.8 Å². The Hall–Kier alpha value is -1.63. The highest BCUT2D eigenvalue weighted by Gasteiger charge is 2.39. The Labute approximate surface area is 154 Å². The molecule has 3 rings (SSSR count). The summed E-state index contributed by atoms with van der Waals surface area (Å²) in [7, 11) is 0. The van der Waals surface area contributed by atoms with Gasteiger partial charge in [0.25, 0.3) is 0 Å². The van der Waals surface area contributed by atoms with Gasteiger partial charge in [-0.05, 0) is 50.4 Å². The van der Waals surface area contributed by atoms with Crippen molar-refractivity contribution in [2.45, 2.75) is 76.4 Å². The van der Waals surface area contributed by atoms with Gasteiger partial charge in [-0.15, -0.1) is 0 Å². The number of nitrogens with zero attached hydrogens (tertiary/aromatic N) is 1. The van der Waals surface area contributed by atoms with E-state index in [1.807, 2.05) is 0 Å². The molecule has 2 amide bonds. The molecule has 3 aliphatic carbocycles. The zero-order valence-corrected chi connectivity index (χ0v) is 15.6. The third kappa shape index (κ3) is 5.19. The highest BCUT2D eigenvalue weighted by molar-refractivity contribution is 5.87. The first-order valence-electron chi connectivity index (χ1n) is 9.95. The molecular formula is C19H31N3O4. The topological polar surface area (TPSA) is 98.7 Å². The average molecular weight is 365 g/mol. The molecule has 0 spiro atoms. The number of hydrogen-bond acceptors (Lipinski definition) is 4. The molecule has 0 aliphatic heterocycles. The molecule has 1 unspecified atom stereocenters. The Morgan fingerprint density at radius 1 is 1.12 bits per heavy atom. The van der Waals surface area contributed by atoms with Crippen LogP contribution in [0.1, 0.15) is 58.3 Å². The van der Waals surface area contributed by atoms with Crippen molar-refractivity contribution >= 4 is 17.8 Å². The molecule has 0 heterocycles. The summed E-state index contributed by atoms with van der Waals surface area (Å²) in [5, 5.41) is 15.0. The molecule has 3 fully saturated rings. The lowest BCUT2D eigenvalue weighted by Crippen LogP contribution is -2.59. The lowest BCUT2D eigenvalue weighted by molar-refractivity contribution is -0.140. The van der Waals surface area contributed by atoms with E-state index >= 15 is 0 Å². The van der Waals surface area contributed by atoms with Crippen LogP contribution in [0.5, 0.6) is 0 Å². The summed E-state index contributed by atoms with van der Waals surface area (Å²) in [4.78, 5) is 37.3. The van der Waals surface area contributed by atoms with Gasteiger partial charge in [-0.1, -0.05) is 12.8 Å². The lowest BCUT2D eigenvalue weighted by atomic mass is 9.84. The zero-order valence-electron chi connectivity index (χ0n) is 15.6. The number of nitrogens with one attached hydrogen (secondary N) is 2. The Morgan fingerprint density at radius 3 is 2.31 bits per heavy atom. The molecule has 7 nitrogen and oxygen atoms in total. The minimum absolute atomic E-state index is 0.0810. The number of carbonyl (C=O) groups excluding carboxylic acids is 2. The van der Waals surface area contributed by atoms with Crippen molar-refractivity contribution in [3.05, 3.63) is 0 Å². The van der Waals surface area contributed by atoms with Gasteiger partial charge in [0.2, 0.25) is 11.8 Å². The summed E-state index contributed by atoms with van der Waals surface area (Å²) in [5.74, 6) is -0.157. The second-order valence-electron chi connectivity index (χ2n) is 8.32. The summed E-state index contributed by atoms with van der Waals surface area (Å²) >= 11 is 0. The maximum absolute atomic E-state index is 12.7. The first-order chi connectivity index (χ1) is 12.4. The third-order valence-electron chi connectivity index (χ3n) is 6.02. The lowest BCUT2D eigenvalue weighted by Gasteiger charge is -2.43. The van der Waals surface area contributed by atoms with Crippen LogP contribution in [-0.4, -0.2) is 59.0 Å². The monoisotopic (exact) mass is 365 g/mol. The van der Waals surface area contributed by atoms with Gasteiger partial charge in [-0.2, -0.15) is 0 Å². The summed E-state index contributed by atoms with van der Waals surface area (Å²) in [6, 6.07) is -0.112. The van der Waals surface area contributed by atoms with Crippen molar-refractivity contribution in [1.29, 1.82) is 0 Å². The van der Waals surface area contributed by atoms with Crippen LogP contribution in [0.2, 0.25) is 0 Å². The predicted molar refractivity (Wildman–Crippen MR) is 96.4 cm³/mol. The fraction of sp³-hybridized carbons (Fsp3) is 0.842. The second-order valence-corrected chi connectivity index (χ2v) is 8.32. The SMILES string of the molecule is CC(=O)NC(C(=O)NC1CC(N(CC(=O)O)CC2CC2)C1)C1CCCC1. The fourth-order valence-corrected chi connectivity index (χ4v) is 4.35. The van der Waals surface area contributed by atoms with Gasteiger partial charge in [0.05, 0.1) is 6.54 Å². The van der Waals surface area contributed by atoms with E-state index in [1.165, 1.54) is 19.8 Å². The zero-order chi connectivity index (χ0) is 18.7. The van der Waals surface area contributed by atoms with Crippen LogP contribution in [-0.2, 0) is 14.4 Å². The van der Waals surface area contributed by atoms with E-state index in [2.05, 4.69) is 15.5 Å². The number of amides is 2. The standard InChI is InChI=1S/C19H31N3O4/c1-12(23)20-18(14-4-2-3-5-14)19(26)21-15-8-16(9-15)22(11-17(24)25)10-13-6-7-13/h13-16,18H,2-11H2,1H3,(H,20,23)(H,21,26)(H,24,25). The van der Waals surface area contributed by atoms with Crippen LogP contribution in [0.3, 0.4) is 0 Å². The molecule has 3 N–H and O–H groups in total. The Kier molecular flexibility index (Phi) is 6.16. The minimum atomic E-state index is -0.787. The van der Waals surface area contributed by atoms with Crippen molar-refractivity contribution in [2.24, 2.45) is 11.8 Å². The van der Waals surface area contributed by atoms with E-state index < -0.39 is 12.0 Å². The van der Waals surface area contributed by atoms with Gasteiger partial charge in [0, 0.05) is 25.6 Å². The van der Waals surface area contributed by atoms with E-state index in [4.69, 9.17) is 5.11 Å². The van der Waals surface area contributed by atoms with Crippen LogP contribution < -0.4 is 10.6 Å². The number of rotatable bonds is 9. The summed E-state index contributed by atoms with van der Waals surface area (Å²) in [6.45, 7) is 2.39. The van der Waals surface area contributed by atoms with Gasteiger partial charge < -0.3 is 15.7 Å². The molecule has 3 saturated carbocycles. The summed E-state index contributed by atoms with van der Waals surface area (Å²) in [5.41, 5.74) is 0. The van der Waals surface area contributed by atoms with E-state index in [1.54, 1.807) is 0 Å². The van der Waals surface area contributed by atoms with E-state index in [0.29, 0.717) is 5.92 Å². The first-order valence-corrected chi connectivity index (χ1v) is 9.95. The van der Waals surface area contributed by atoms with Gasteiger partial charge in [0.15, 0.2) is 0 Å². The highest BCUT2D eigenvalue weighted by Crippen LogP contribution is 2.34. The number of aliphatic carboxylic acids is 1. The Balaban J connectivity index is 1.48. The highest BCUT2D eigenvalue weighted by atomic mass is 16.4. The molecule has 0 bridgehead atoms. The van der Waals surface area contributed by atoms with Crippen molar-refractivity contribution in [2.75, 3.05) is 13.1 Å². The molecule has 0 radical (unpaired) electrons. The number of carboxylic acid groups (broad SMARTS) is 1. The molecule has 1 atom stereocenters. The molecule has 146 valence electrons. The molecule has 7 heteroatoms. The second kappa shape index (κ2) is 8.37. The van der Waals surface area contributed by atoms with Crippen LogP contribution >= 0.6 is 0 Å². The van der Waals surface area contributed by atoms with Crippen LogP contribution in [0.15, 0.2) is 0 Å². The van der Waals surface area contributed by atoms with Gasteiger partial charge in [-0.25, -0.2) is 0 Å². The smallest absolute Gasteiger partial charge is 0.317 e. The molecule has 0 aromatic rings. The van der Waals surface area contributed by atoms with Crippen molar-refractivity contribution < 1.29 is 19.5 Å². The van der Waals surface area contributed by atoms with E-state index in [9.17, 15) is 14.4 Å².